The average molecular weight is 347 g/mol. The molecular formula is C18H32F2O2Si. The number of esters is 1. The fraction of sp³-hybridized carbons (Fsp3) is 0.833. The van der Waals surface area contributed by atoms with Crippen molar-refractivity contribution in [3.8, 4) is 0 Å². The van der Waals surface area contributed by atoms with Crippen LogP contribution in [0.1, 0.15) is 77.0 Å². The van der Waals surface area contributed by atoms with E-state index in [0.717, 1.165) is 25.7 Å². The highest BCUT2D eigenvalue weighted by Gasteiger charge is 2.02. The van der Waals surface area contributed by atoms with Crippen molar-refractivity contribution in [2.24, 2.45) is 0 Å². The molecule has 0 heterocycles. The molecule has 0 atom stereocenters. The summed E-state index contributed by atoms with van der Waals surface area (Å²) in [5.41, 5.74) is 0. The first-order valence-electron chi connectivity index (χ1n) is 8.97. The van der Waals surface area contributed by atoms with E-state index in [-0.39, 0.29) is 15.5 Å². The van der Waals surface area contributed by atoms with Gasteiger partial charge in [0.05, 0.1) is 6.61 Å². The van der Waals surface area contributed by atoms with E-state index in [1.807, 2.05) is 0 Å². The molecule has 0 fully saturated rings. The van der Waals surface area contributed by atoms with Crippen molar-refractivity contribution in [2.75, 3.05) is 6.61 Å². The van der Waals surface area contributed by atoms with Crippen LogP contribution in [0.5, 0.6) is 0 Å². The molecule has 0 aromatic heterocycles. The Bertz CT molecular complexity index is 286. The average Bonchev–Trinajstić information content (AvgIpc) is 2.53. The van der Waals surface area contributed by atoms with Gasteiger partial charge in [0.2, 0.25) is 6.05 Å². The van der Waals surface area contributed by atoms with Gasteiger partial charge in [-0.1, -0.05) is 83.3 Å². The molecule has 0 aliphatic carbocycles. The van der Waals surface area contributed by atoms with Crippen molar-refractivity contribution in [3.63, 3.8) is 0 Å². The smallest absolute Gasteiger partial charge is 0.330 e. The summed E-state index contributed by atoms with van der Waals surface area (Å²) in [7, 11) is -0.164. The molecule has 0 amide bonds. The Morgan fingerprint density at radius 2 is 1.30 bits per heavy atom. The van der Waals surface area contributed by atoms with Crippen LogP contribution >= 0.6 is 0 Å². The quantitative estimate of drug-likeness (QED) is 0.145. The molecule has 0 saturated carbocycles. The van der Waals surface area contributed by atoms with Gasteiger partial charge in [-0.25, -0.2) is 13.6 Å². The highest BCUT2D eigenvalue weighted by molar-refractivity contribution is 6.36. The Hall–Kier alpha value is -0.713. The highest BCUT2D eigenvalue weighted by Crippen LogP contribution is 2.13. The van der Waals surface area contributed by atoms with E-state index in [4.69, 9.17) is 4.74 Å². The van der Waals surface area contributed by atoms with E-state index in [9.17, 15) is 13.6 Å². The van der Waals surface area contributed by atoms with Crippen molar-refractivity contribution in [2.45, 2.75) is 89.1 Å². The first-order chi connectivity index (χ1) is 11.2. The van der Waals surface area contributed by atoms with E-state index in [0.29, 0.717) is 12.7 Å². The normalized spacial score (nSPS) is 10.9. The van der Waals surface area contributed by atoms with Crippen LogP contribution in [0.3, 0.4) is 0 Å². The first kappa shape index (κ1) is 22.3. The molecule has 134 valence electrons. The fourth-order valence-corrected chi connectivity index (χ4v) is 3.11. The predicted molar refractivity (Wildman–Crippen MR) is 93.1 cm³/mol. The van der Waals surface area contributed by atoms with E-state index in [1.54, 1.807) is 0 Å². The lowest BCUT2D eigenvalue weighted by Crippen LogP contribution is -2.02. The molecule has 0 unspecified atom stereocenters. The van der Waals surface area contributed by atoms with Gasteiger partial charge in [0.1, 0.15) is 9.52 Å². The molecular weight excluding hydrogens is 314 g/mol. The number of ether oxygens (including phenoxy) is 1. The summed E-state index contributed by atoms with van der Waals surface area (Å²) >= 11 is 0. The molecule has 0 rings (SSSR count). The van der Waals surface area contributed by atoms with Gasteiger partial charge in [-0.3, -0.25) is 0 Å². The Labute approximate surface area is 142 Å². The second-order valence-electron chi connectivity index (χ2n) is 5.87. The van der Waals surface area contributed by atoms with Gasteiger partial charge in [0.15, 0.2) is 0 Å². The fourth-order valence-electron chi connectivity index (χ4n) is 2.44. The topological polar surface area (TPSA) is 26.3 Å². The van der Waals surface area contributed by atoms with Gasteiger partial charge in [0.25, 0.3) is 0 Å². The minimum absolute atomic E-state index is 0.164. The van der Waals surface area contributed by atoms with Crippen molar-refractivity contribution < 1.29 is 18.3 Å². The highest BCUT2D eigenvalue weighted by atomic mass is 28.2. The van der Waals surface area contributed by atoms with Crippen LogP contribution < -0.4 is 0 Å². The van der Waals surface area contributed by atoms with Crippen LogP contribution in [0.2, 0.25) is 6.04 Å². The lowest BCUT2D eigenvalue weighted by molar-refractivity contribution is -0.137. The Morgan fingerprint density at radius 1 is 0.870 bits per heavy atom. The summed E-state index contributed by atoms with van der Waals surface area (Å²) in [4.78, 5) is 10.8. The van der Waals surface area contributed by atoms with Crippen molar-refractivity contribution >= 4 is 15.5 Å². The maximum atomic E-state index is 11.9. The van der Waals surface area contributed by atoms with Crippen LogP contribution in [-0.4, -0.2) is 28.1 Å². The summed E-state index contributed by atoms with van der Waals surface area (Å²) < 4.78 is 28.8. The largest absolute Gasteiger partial charge is 0.463 e. The zero-order valence-corrected chi connectivity index (χ0v) is 15.3. The maximum absolute atomic E-state index is 11.9. The molecule has 0 aromatic carbocycles. The van der Waals surface area contributed by atoms with Crippen LogP contribution in [0.25, 0.3) is 0 Å². The summed E-state index contributed by atoms with van der Waals surface area (Å²) in [6, 6.07) is -1.40. The van der Waals surface area contributed by atoms with Gasteiger partial charge in [-0.15, -0.1) is 0 Å². The summed E-state index contributed by atoms with van der Waals surface area (Å²) in [5, 5.41) is 0. The monoisotopic (exact) mass is 346 g/mol. The lowest BCUT2D eigenvalue weighted by Gasteiger charge is -2.04. The van der Waals surface area contributed by atoms with Gasteiger partial charge in [-0.05, 0) is 6.42 Å². The van der Waals surface area contributed by atoms with Gasteiger partial charge in [0, 0.05) is 6.08 Å². The van der Waals surface area contributed by atoms with Gasteiger partial charge in [-0.2, -0.15) is 0 Å². The second-order valence-corrected chi connectivity index (χ2v) is 7.21. The molecule has 2 radical (unpaired) electrons. The Kier molecular flexibility index (Phi) is 17.1. The summed E-state index contributed by atoms with van der Waals surface area (Å²) in [5.74, 6) is -0.334. The molecule has 0 N–H and O–H groups in total. The molecule has 0 aliphatic rings. The summed E-state index contributed by atoms with van der Waals surface area (Å²) in [6.45, 7) is 3.86. The molecule has 0 aromatic rings. The molecule has 0 bridgehead atoms. The molecule has 0 aliphatic heterocycles. The first-order valence-corrected chi connectivity index (χ1v) is 10.3. The Balaban J connectivity index is 3.02. The molecule has 23 heavy (non-hydrogen) atoms. The maximum Gasteiger partial charge on any atom is 0.330 e. The zero-order valence-electron chi connectivity index (χ0n) is 14.3. The second kappa shape index (κ2) is 17.6. The van der Waals surface area contributed by atoms with Crippen molar-refractivity contribution in [1.82, 2.24) is 0 Å². The number of carbonyl (C=O) groups is 1. The SMILES string of the molecule is C=CC(=O)OCCCCCCCCCCCCCC[Si]C(F)F. The Morgan fingerprint density at radius 3 is 1.74 bits per heavy atom. The molecule has 2 nitrogen and oxygen atoms in total. The number of carbonyl (C=O) groups excluding carboxylic acids is 1. The number of alkyl halides is 2. The standard InChI is InChI=1S/C18H32F2O2Si/c1-2-17(21)22-15-13-11-9-7-5-3-4-6-8-10-12-14-16-23-18(19)20/h2,18H,1,3-16H2. The number of hydrogen-bond acceptors (Lipinski definition) is 2. The van der Waals surface area contributed by atoms with Crippen LogP contribution in [0, 0.1) is 0 Å². The van der Waals surface area contributed by atoms with E-state index < -0.39 is 6.05 Å². The third kappa shape index (κ3) is 19.2. The molecule has 0 saturated heterocycles. The van der Waals surface area contributed by atoms with Crippen molar-refractivity contribution in [3.05, 3.63) is 12.7 Å². The van der Waals surface area contributed by atoms with E-state index in [2.05, 4.69) is 6.58 Å². The number of hydrogen-bond donors (Lipinski definition) is 0. The summed E-state index contributed by atoms with van der Waals surface area (Å²) in [6.07, 6.45) is 15.3. The zero-order chi connectivity index (χ0) is 17.2. The lowest BCUT2D eigenvalue weighted by atomic mass is 10.1. The number of halogens is 2. The number of unbranched alkanes of at least 4 members (excludes halogenated alkanes) is 11. The third-order valence-electron chi connectivity index (χ3n) is 3.78. The van der Waals surface area contributed by atoms with Gasteiger partial charge >= 0.3 is 5.97 Å². The number of rotatable bonds is 17. The van der Waals surface area contributed by atoms with Gasteiger partial charge < -0.3 is 4.74 Å². The minimum Gasteiger partial charge on any atom is -0.463 e. The molecule has 0 spiro atoms. The minimum atomic E-state index is -2.10. The van der Waals surface area contributed by atoms with Crippen molar-refractivity contribution in [1.29, 1.82) is 0 Å². The predicted octanol–water partition coefficient (Wildman–Crippen LogP) is 5.74. The van der Waals surface area contributed by atoms with Crippen LogP contribution in [0.4, 0.5) is 8.78 Å². The van der Waals surface area contributed by atoms with Crippen LogP contribution in [0.15, 0.2) is 12.7 Å². The van der Waals surface area contributed by atoms with Crippen LogP contribution in [-0.2, 0) is 9.53 Å². The molecule has 5 heteroatoms. The van der Waals surface area contributed by atoms with E-state index >= 15 is 0 Å². The van der Waals surface area contributed by atoms with E-state index in [1.165, 1.54) is 57.4 Å². The third-order valence-corrected chi connectivity index (χ3v) is 4.73.